The maximum atomic E-state index is 13.5. The van der Waals surface area contributed by atoms with Crippen LogP contribution in [0.5, 0.6) is 0 Å². The van der Waals surface area contributed by atoms with Crippen LogP contribution < -0.4 is 10.5 Å². The number of halogens is 1. The Morgan fingerprint density at radius 2 is 1.80 bits per heavy atom. The van der Waals surface area contributed by atoms with Crippen molar-refractivity contribution in [2.24, 2.45) is 0 Å². The molecule has 0 N–H and O–H groups in total. The highest BCUT2D eigenvalue weighted by Crippen LogP contribution is 2.34. The second-order valence-electron chi connectivity index (χ2n) is 8.26. The largest absolute Gasteiger partial charge is 0.355 e. The summed E-state index contributed by atoms with van der Waals surface area (Å²) in [5, 5.41) is 9.80. The van der Waals surface area contributed by atoms with E-state index in [1.54, 1.807) is 42.6 Å². The van der Waals surface area contributed by atoms with Gasteiger partial charge in [0.1, 0.15) is 22.4 Å². The van der Waals surface area contributed by atoms with Gasteiger partial charge in [-0.3, -0.25) is 9.20 Å². The summed E-state index contributed by atoms with van der Waals surface area (Å²) in [7, 11) is -4.16. The van der Waals surface area contributed by atoms with Gasteiger partial charge in [0.05, 0.1) is 23.7 Å². The third-order valence-electron chi connectivity index (χ3n) is 6.19. The number of allylic oxidation sites excluding steroid dienone is 1. The molecule has 0 aliphatic carbocycles. The number of nitrogens with zero attached hydrogens (tertiary/aromatic N) is 4. The molecular weight excluding hydrogens is 536 g/mol. The van der Waals surface area contributed by atoms with E-state index in [-0.39, 0.29) is 10.5 Å². The molecule has 4 heterocycles. The van der Waals surface area contributed by atoms with Gasteiger partial charge in [-0.05, 0) is 42.5 Å². The third kappa shape index (κ3) is 4.38. The summed E-state index contributed by atoms with van der Waals surface area (Å²) >= 11 is 3.28. The fourth-order valence-electron chi connectivity index (χ4n) is 4.35. The molecule has 0 amide bonds. The number of pyridine rings is 1. The zero-order valence-corrected chi connectivity index (χ0v) is 21.0. The molecule has 35 heavy (non-hydrogen) atoms. The summed E-state index contributed by atoms with van der Waals surface area (Å²) in [5.74, 6) is -0.297. The third-order valence-corrected chi connectivity index (χ3v) is 8.40. The predicted octanol–water partition coefficient (Wildman–Crippen LogP) is 3.14. The molecule has 0 radical (unpaired) electrons. The Labute approximate surface area is 210 Å². The standard InChI is InChI=1S/C24H21BrN4O5S/c25-17-4-6-18(7-5-17)35(31,32)19(16-26)15-20-22(27-21-3-1-2-10-29(21)23(20)30)28-11-8-24(9-12-28)33-13-14-34-24/h1-7,10,15H,8-9,11-14H2. The number of sulfone groups is 1. The molecule has 180 valence electrons. The Kier molecular flexibility index (Phi) is 6.23. The Morgan fingerprint density at radius 1 is 1.11 bits per heavy atom. The minimum atomic E-state index is -4.16. The highest BCUT2D eigenvalue weighted by molar-refractivity contribution is 9.10. The van der Waals surface area contributed by atoms with Crippen molar-refractivity contribution in [3.05, 3.63) is 74.0 Å². The molecule has 0 unspecified atom stereocenters. The Balaban J connectivity index is 1.62. The topological polar surface area (TPSA) is 114 Å². The Hall–Kier alpha value is -3.04. The molecule has 0 saturated carbocycles. The van der Waals surface area contributed by atoms with Gasteiger partial charge in [0.15, 0.2) is 5.79 Å². The second kappa shape index (κ2) is 9.20. The van der Waals surface area contributed by atoms with Crippen LogP contribution in [0.4, 0.5) is 5.82 Å². The fraction of sp³-hybridized carbons (Fsp3) is 0.292. The molecule has 3 aromatic rings. The average molecular weight is 557 g/mol. The van der Waals surface area contributed by atoms with Crippen LogP contribution in [0.25, 0.3) is 11.7 Å². The second-order valence-corrected chi connectivity index (χ2v) is 11.1. The van der Waals surface area contributed by atoms with Crippen molar-refractivity contribution in [2.45, 2.75) is 23.5 Å². The zero-order chi connectivity index (χ0) is 24.6. The molecule has 0 atom stereocenters. The van der Waals surface area contributed by atoms with Crippen molar-refractivity contribution >= 4 is 43.3 Å². The summed E-state index contributed by atoms with van der Waals surface area (Å²) in [5.41, 5.74) is 0.000678. The smallest absolute Gasteiger partial charge is 0.267 e. The quantitative estimate of drug-likeness (QED) is 0.450. The maximum Gasteiger partial charge on any atom is 0.267 e. The molecule has 2 aliphatic rings. The fourth-order valence-corrected chi connectivity index (χ4v) is 5.75. The number of rotatable bonds is 4. The first-order chi connectivity index (χ1) is 16.8. The van der Waals surface area contributed by atoms with Crippen LogP contribution in [-0.2, 0) is 19.3 Å². The molecule has 2 fully saturated rings. The summed E-state index contributed by atoms with van der Waals surface area (Å²) in [6, 6.07) is 12.9. The molecular formula is C24H21BrN4O5S. The lowest BCUT2D eigenvalue weighted by Gasteiger charge is -2.38. The van der Waals surface area contributed by atoms with Crippen LogP contribution in [0.15, 0.2) is 67.7 Å². The first-order valence-electron chi connectivity index (χ1n) is 11.0. The number of hydrogen-bond donors (Lipinski definition) is 0. The lowest BCUT2D eigenvalue weighted by molar-refractivity contribution is -0.169. The van der Waals surface area contributed by atoms with E-state index in [1.165, 1.54) is 16.5 Å². The first kappa shape index (κ1) is 23.7. The van der Waals surface area contributed by atoms with Crippen molar-refractivity contribution in [3.63, 3.8) is 0 Å². The summed E-state index contributed by atoms with van der Waals surface area (Å²) in [6.07, 6.45) is 3.85. The molecule has 0 bridgehead atoms. The summed E-state index contributed by atoms with van der Waals surface area (Å²) in [4.78, 5) is 19.5. The monoisotopic (exact) mass is 556 g/mol. The van der Waals surface area contributed by atoms with Crippen molar-refractivity contribution < 1.29 is 17.9 Å². The lowest BCUT2D eigenvalue weighted by Crippen LogP contribution is -2.46. The van der Waals surface area contributed by atoms with E-state index in [2.05, 4.69) is 20.9 Å². The van der Waals surface area contributed by atoms with E-state index in [0.29, 0.717) is 55.1 Å². The van der Waals surface area contributed by atoms with Crippen molar-refractivity contribution in [1.82, 2.24) is 9.38 Å². The van der Waals surface area contributed by atoms with Gasteiger partial charge in [0, 0.05) is 36.6 Å². The molecule has 9 nitrogen and oxygen atoms in total. The predicted molar refractivity (Wildman–Crippen MR) is 132 cm³/mol. The molecule has 1 aromatic carbocycles. The Morgan fingerprint density at radius 3 is 2.46 bits per heavy atom. The Bertz CT molecular complexity index is 1510. The van der Waals surface area contributed by atoms with Gasteiger partial charge in [-0.25, -0.2) is 13.4 Å². The molecule has 11 heteroatoms. The number of aromatic nitrogens is 2. The number of nitriles is 1. The zero-order valence-electron chi connectivity index (χ0n) is 18.6. The van der Waals surface area contributed by atoms with E-state index in [0.717, 1.165) is 6.08 Å². The van der Waals surface area contributed by atoms with Crippen LogP contribution in [0, 0.1) is 11.3 Å². The van der Waals surface area contributed by atoms with Crippen LogP contribution in [-0.4, -0.2) is 49.9 Å². The minimum Gasteiger partial charge on any atom is -0.355 e. The van der Waals surface area contributed by atoms with E-state index >= 15 is 0 Å². The van der Waals surface area contributed by atoms with E-state index in [4.69, 9.17) is 9.47 Å². The van der Waals surface area contributed by atoms with Gasteiger partial charge >= 0.3 is 0 Å². The van der Waals surface area contributed by atoms with Crippen LogP contribution >= 0.6 is 15.9 Å². The lowest BCUT2D eigenvalue weighted by atomic mass is 10.0. The molecule has 5 rings (SSSR count). The van der Waals surface area contributed by atoms with Crippen molar-refractivity contribution in [1.29, 1.82) is 5.26 Å². The number of anilines is 1. The first-order valence-corrected chi connectivity index (χ1v) is 13.3. The van der Waals surface area contributed by atoms with Crippen LogP contribution in [0.1, 0.15) is 18.4 Å². The van der Waals surface area contributed by atoms with Crippen LogP contribution in [0.2, 0.25) is 0 Å². The van der Waals surface area contributed by atoms with Gasteiger partial charge in [-0.15, -0.1) is 0 Å². The van der Waals surface area contributed by atoms with Crippen LogP contribution in [0.3, 0.4) is 0 Å². The number of hydrogen-bond acceptors (Lipinski definition) is 8. The molecule has 2 aromatic heterocycles. The summed E-state index contributed by atoms with van der Waals surface area (Å²) in [6.45, 7) is 2.08. The van der Waals surface area contributed by atoms with E-state index < -0.39 is 26.1 Å². The number of fused-ring (bicyclic) bond motifs is 1. The van der Waals surface area contributed by atoms with E-state index in [1.807, 2.05) is 4.90 Å². The molecule has 2 saturated heterocycles. The highest BCUT2D eigenvalue weighted by Gasteiger charge is 2.40. The van der Waals surface area contributed by atoms with Gasteiger partial charge in [-0.1, -0.05) is 22.0 Å². The van der Waals surface area contributed by atoms with Gasteiger partial charge in [0.25, 0.3) is 5.56 Å². The minimum absolute atomic E-state index is 0.0372. The normalized spacial score (nSPS) is 18.2. The van der Waals surface area contributed by atoms with Gasteiger partial charge < -0.3 is 14.4 Å². The number of piperidine rings is 1. The average Bonchev–Trinajstić information content (AvgIpc) is 3.32. The van der Waals surface area contributed by atoms with Crippen molar-refractivity contribution in [3.8, 4) is 6.07 Å². The highest BCUT2D eigenvalue weighted by atomic mass is 79.9. The molecule has 1 spiro atoms. The number of benzene rings is 1. The van der Waals surface area contributed by atoms with Gasteiger partial charge in [-0.2, -0.15) is 5.26 Å². The maximum absolute atomic E-state index is 13.5. The number of ether oxygens (including phenoxy) is 2. The summed E-state index contributed by atoms with van der Waals surface area (Å²) < 4.78 is 40.1. The molecule has 2 aliphatic heterocycles. The van der Waals surface area contributed by atoms with Gasteiger partial charge in [0.2, 0.25) is 9.84 Å². The van der Waals surface area contributed by atoms with E-state index in [9.17, 15) is 18.5 Å². The van der Waals surface area contributed by atoms with Crippen molar-refractivity contribution in [2.75, 3.05) is 31.2 Å². The SMILES string of the molecule is N#CC(=Cc1c(N2CCC3(CC2)OCCO3)nc2ccccn2c1=O)S(=O)(=O)c1ccc(Br)cc1.